The summed E-state index contributed by atoms with van der Waals surface area (Å²) in [6, 6.07) is 2.32. The fourth-order valence-corrected chi connectivity index (χ4v) is 1.50. The predicted molar refractivity (Wildman–Crippen MR) is 53.4 cm³/mol. The number of hydrogen-bond acceptors (Lipinski definition) is 3. The lowest BCUT2D eigenvalue weighted by atomic mass is 10.1. The van der Waals surface area contributed by atoms with Gasteiger partial charge in [-0.1, -0.05) is 0 Å². The van der Waals surface area contributed by atoms with E-state index in [0.717, 1.165) is 19.9 Å². The third-order valence-corrected chi connectivity index (χ3v) is 2.45. The van der Waals surface area contributed by atoms with Gasteiger partial charge in [0.05, 0.1) is 10.6 Å². The summed E-state index contributed by atoms with van der Waals surface area (Å²) in [6.07, 6.45) is -4.64. The predicted octanol–water partition coefficient (Wildman–Crippen LogP) is 3.27. The van der Waals surface area contributed by atoms with Crippen LogP contribution in [0.15, 0.2) is 17.0 Å². The molecule has 0 atom stereocenters. The van der Waals surface area contributed by atoms with Crippen LogP contribution in [0, 0.1) is 0 Å². The number of nitrogens with zero attached hydrogens (tertiary/aromatic N) is 1. The Labute approximate surface area is 94.4 Å². The van der Waals surface area contributed by atoms with Crippen LogP contribution in [0.3, 0.4) is 0 Å². The highest BCUT2D eigenvalue weighted by Crippen LogP contribution is 2.35. The lowest BCUT2D eigenvalue weighted by molar-refractivity contribution is -0.143. The van der Waals surface area contributed by atoms with E-state index in [-0.39, 0.29) is 10.6 Å². The van der Waals surface area contributed by atoms with Crippen LogP contribution in [0.25, 0.3) is 0 Å². The summed E-state index contributed by atoms with van der Waals surface area (Å²) in [5.74, 6) is 0. The molecule has 0 unspecified atom stereocenters. The summed E-state index contributed by atoms with van der Waals surface area (Å²) in [7, 11) is 0. The number of hydrogen-bond donors (Lipinski definition) is 1. The minimum Gasteiger partial charge on any atom is -0.274 e. The van der Waals surface area contributed by atoms with Gasteiger partial charge in [0.15, 0.2) is 5.69 Å². The van der Waals surface area contributed by atoms with E-state index in [1.165, 1.54) is 6.07 Å². The lowest BCUT2D eigenvalue weighted by Gasteiger charge is -2.17. The second-order valence-electron chi connectivity index (χ2n) is 3.63. The van der Waals surface area contributed by atoms with Crippen LogP contribution in [-0.4, -0.2) is 4.98 Å². The standard InChI is InChI=1S/C9H10F4N2S/c1-8(2,10)6-4-3-5(16-14)7(15-6)9(11,12)13/h3-4H,14H2,1-2H3. The Balaban J connectivity index is 3.34. The van der Waals surface area contributed by atoms with Gasteiger partial charge in [0, 0.05) is 0 Å². The van der Waals surface area contributed by atoms with Crippen molar-refractivity contribution in [3.8, 4) is 0 Å². The molecule has 16 heavy (non-hydrogen) atoms. The Hall–Kier alpha value is -0.820. The van der Waals surface area contributed by atoms with Gasteiger partial charge in [0.25, 0.3) is 0 Å². The Morgan fingerprint density at radius 2 is 1.75 bits per heavy atom. The van der Waals surface area contributed by atoms with E-state index in [9.17, 15) is 17.6 Å². The van der Waals surface area contributed by atoms with Gasteiger partial charge in [-0.3, -0.25) is 5.14 Å². The van der Waals surface area contributed by atoms with Crippen molar-refractivity contribution < 1.29 is 17.6 Å². The van der Waals surface area contributed by atoms with Gasteiger partial charge < -0.3 is 0 Å². The molecule has 2 nitrogen and oxygen atoms in total. The molecule has 0 aromatic carbocycles. The van der Waals surface area contributed by atoms with Gasteiger partial charge in [-0.25, -0.2) is 9.37 Å². The topological polar surface area (TPSA) is 38.9 Å². The average Bonchev–Trinajstić information content (AvgIpc) is 2.14. The number of halogens is 4. The monoisotopic (exact) mass is 254 g/mol. The van der Waals surface area contributed by atoms with Crippen molar-refractivity contribution in [2.75, 3.05) is 0 Å². The van der Waals surface area contributed by atoms with Crippen LogP contribution in [0.5, 0.6) is 0 Å². The van der Waals surface area contributed by atoms with Crippen molar-refractivity contribution >= 4 is 11.9 Å². The van der Waals surface area contributed by atoms with E-state index in [0.29, 0.717) is 11.9 Å². The minimum atomic E-state index is -4.64. The first-order chi connectivity index (χ1) is 7.16. The third kappa shape index (κ3) is 2.85. The molecule has 0 saturated carbocycles. The normalized spacial score (nSPS) is 12.9. The Morgan fingerprint density at radius 3 is 2.12 bits per heavy atom. The zero-order valence-corrected chi connectivity index (χ0v) is 9.42. The quantitative estimate of drug-likeness (QED) is 0.650. The second-order valence-corrected chi connectivity index (χ2v) is 4.31. The summed E-state index contributed by atoms with van der Waals surface area (Å²) in [4.78, 5) is 3.06. The minimum absolute atomic E-state index is 0.222. The molecular formula is C9H10F4N2S. The molecule has 0 aliphatic carbocycles. The average molecular weight is 254 g/mol. The van der Waals surface area contributed by atoms with Crippen molar-refractivity contribution in [1.82, 2.24) is 4.98 Å². The first-order valence-electron chi connectivity index (χ1n) is 4.30. The number of rotatable bonds is 2. The molecule has 90 valence electrons. The van der Waals surface area contributed by atoms with Crippen LogP contribution < -0.4 is 5.14 Å². The van der Waals surface area contributed by atoms with Crippen LogP contribution >= 0.6 is 11.9 Å². The largest absolute Gasteiger partial charge is 0.434 e. The van der Waals surface area contributed by atoms with Crippen LogP contribution in [0.2, 0.25) is 0 Å². The van der Waals surface area contributed by atoms with E-state index in [4.69, 9.17) is 5.14 Å². The van der Waals surface area contributed by atoms with E-state index in [1.807, 2.05) is 0 Å². The summed E-state index contributed by atoms with van der Waals surface area (Å²) in [6.45, 7) is 2.29. The van der Waals surface area contributed by atoms with Gasteiger partial charge in [0.1, 0.15) is 5.67 Å². The first-order valence-corrected chi connectivity index (χ1v) is 5.18. The zero-order valence-electron chi connectivity index (χ0n) is 8.60. The van der Waals surface area contributed by atoms with Crippen molar-refractivity contribution in [1.29, 1.82) is 0 Å². The van der Waals surface area contributed by atoms with Crippen molar-refractivity contribution in [3.05, 3.63) is 23.5 Å². The van der Waals surface area contributed by atoms with Gasteiger partial charge in [-0.05, 0) is 37.9 Å². The maximum absolute atomic E-state index is 13.5. The van der Waals surface area contributed by atoms with E-state index in [1.54, 1.807) is 0 Å². The van der Waals surface area contributed by atoms with Crippen LogP contribution in [0.4, 0.5) is 17.6 Å². The number of aromatic nitrogens is 1. The van der Waals surface area contributed by atoms with Gasteiger partial charge in [-0.2, -0.15) is 13.2 Å². The molecule has 0 aliphatic heterocycles. The van der Waals surface area contributed by atoms with Gasteiger partial charge >= 0.3 is 6.18 Å². The Bertz CT molecular complexity index is 384. The lowest BCUT2D eigenvalue weighted by Crippen LogP contribution is -2.17. The Kier molecular flexibility index (Phi) is 3.49. The number of alkyl halides is 4. The highest BCUT2D eigenvalue weighted by molar-refractivity contribution is 7.97. The molecule has 0 radical (unpaired) electrons. The second kappa shape index (κ2) is 4.21. The highest BCUT2D eigenvalue weighted by atomic mass is 32.2. The molecule has 0 bridgehead atoms. The molecular weight excluding hydrogens is 244 g/mol. The van der Waals surface area contributed by atoms with Crippen LogP contribution in [-0.2, 0) is 11.8 Å². The molecule has 1 rings (SSSR count). The molecule has 1 aromatic heterocycles. The van der Waals surface area contributed by atoms with Crippen LogP contribution in [0.1, 0.15) is 25.2 Å². The van der Waals surface area contributed by atoms with E-state index >= 15 is 0 Å². The highest BCUT2D eigenvalue weighted by Gasteiger charge is 2.37. The first kappa shape index (κ1) is 13.2. The van der Waals surface area contributed by atoms with E-state index < -0.39 is 17.5 Å². The van der Waals surface area contributed by atoms with Gasteiger partial charge in [-0.15, -0.1) is 0 Å². The molecule has 0 aliphatic rings. The molecule has 1 aromatic rings. The maximum Gasteiger partial charge on any atom is 0.434 e. The third-order valence-electron chi connectivity index (χ3n) is 1.86. The maximum atomic E-state index is 13.5. The SMILES string of the molecule is CC(C)(F)c1ccc(SN)c(C(F)(F)F)n1. The van der Waals surface area contributed by atoms with Crippen molar-refractivity contribution in [2.45, 2.75) is 30.6 Å². The summed E-state index contributed by atoms with van der Waals surface area (Å²) in [5, 5.41) is 5.09. The summed E-state index contributed by atoms with van der Waals surface area (Å²) < 4.78 is 51.1. The molecule has 2 N–H and O–H groups in total. The molecule has 0 fully saturated rings. The molecule has 7 heteroatoms. The van der Waals surface area contributed by atoms with Crippen molar-refractivity contribution in [2.24, 2.45) is 5.14 Å². The van der Waals surface area contributed by atoms with Crippen molar-refractivity contribution in [3.63, 3.8) is 0 Å². The fourth-order valence-electron chi connectivity index (χ4n) is 1.08. The summed E-state index contributed by atoms with van der Waals surface area (Å²) in [5.41, 5.74) is -3.33. The van der Waals surface area contributed by atoms with Gasteiger partial charge in [0.2, 0.25) is 0 Å². The Morgan fingerprint density at radius 1 is 1.19 bits per heavy atom. The number of pyridine rings is 1. The molecule has 1 heterocycles. The smallest absolute Gasteiger partial charge is 0.274 e. The van der Waals surface area contributed by atoms with E-state index in [2.05, 4.69) is 4.98 Å². The zero-order chi connectivity index (χ0) is 12.6. The molecule has 0 saturated heterocycles. The molecule has 0 amide bonds. The number of nitrogens with two attached hydrogens (primary N) is 1. The fraction of sp³-hybridized carbons (Fsp3) is 0.444. The summed E-state index contributed by atoms with van der Waals surface area (Å²) >= 11 is 0.437. The molecule has 0 spiro atoms.